The van der Waals surface area contributed by atoms with E-state index in [1.54, 1.807) is 7.11 Å². The second-order valence-corrected chi connectivity index (χ2v) is 6.89. The van der Waals surface area contributed by atoms with Crippen molar-refractivity contribution < 1.29 is 4.74 Å². The molecule has 142 valence electrons. The van der Waals surface area contributed by atoms with E-state index in [9.17, 15) is 0 Å². The van der Waals surface area contributed by atoms with Crippen LogP contribution in [0.15, 0.2) is 35.3 Å². The lowest BCUT2D eigenvalue weighted by molar-refractivity contribution is 0.138. The molecule has 25 heavy (non-hydrogen) atoms. The van der Waals surface area contributed by atoms with Crippen molar-refractivity contribution >= 4 is 29.9 Å². The molecule has 1 aromatic carbocycles. The Hall–Kier alpha value is -0.820. The summed E-state index contributed by atoms with van der Waals surface area (Å²) < 4.78 is 5.31. The van der Waals surface area contributed by atoms with Crippen LogP contribution < -0.4 is 10.6 Å². The van der Waals surface area contributed by atoms with Crippen LogP contribution in [0.25, 0.3) is 0 Å². The summed E-state index contributed by atoms with van der Waals surface area (Å²) in [4.78, 5) is 4.37. The molecule has 0 unspecified atom stereocenters. The van der Waals surface area contributed by atoms with Crippen LogP contribution >= 0.6 is 24.0 Å². The van der Waals surface area contributed by atoms with Crippen LogP contribution in [0.3, 0.4) is 0 Å². The van der Waals surface area contributed by atoms with Gasteiger partial charge >= 0.3 is 0 Å². The number of rotatable bonds is 9. The Morgan fingerprint density at radius 1 is 1.16 bits per heavy atom. The van der Waals surface area contributed by atoms with Crippen LogP contribution in [0, 0.1) is 5.41 Å². The average Bonchev–Trinajstić information content (AvgIpc) is 3.09. The Bertz CT molecular complexity index is 487. The van der Waals surface area contributed by atoms with E-state index in [1.807, 2.05) is 7.05 Å². The summed E-state index contributed by atoms with van der Waals surface area (Å²) in [6.07, 6.45) is 8.63. The van der Waals surface area contributed by atoms with Crippen molar-refractivity contribution in [1.29, 1.82) is 0 Å². The van der Waals surface area contributed by atoms with Gasteiger partial charge in [0.05, 0.1) is 0 Å². The summed E-state index contributed by atoms with van der Waals surface area (Å²) in [6, 6.07) is 10.6. The number of ether oxygens (including phenoxy) is 1. The molecule has 5 heteroatoms. The largest absolute Gasteiger partial charge is 0.385 e. The first kappa shape index (κ1) is 22.2. The highest BCUT2D eigenvalue weighted by Crippen LogP contribution is 2.40. The minimum atomic E-state index is 0. The fourth-order valence-corrected chi connectivity index (χ4v) is 3.59. The number of guanidine groups is 1. The van der Waals surface area contributed by atoms with Crippen molar-refractivity contribution in [2.75, 3.05) is 33.9 Å². The van der Waals surface area contributed by atoms with Gasteiger partial charge < -0.3 is 15.4 Å². The average molecular weight is 459 g/mol. The summed E-state index contributed by atoms with van der Waals surface area (Å²) >= 11 is 0. The van der Waals surface area contributed by atoms with E-state index >= 15 is 0 Å². The highest BCUT2D eigenvalue weighted by atomic mass is 127. The summed E-state index contributed by atoms with van der Waals surface area (Å²) in [5, 5.41) is 6.99. The molecule has 0 bridgehead atoms. The molecular formula is C20H34IN3O. The normalized spacial score (nSPS) is 16.3. The highest BCUT2D eigenvalue weighted by Gasteiger charge is 2.33. The second-order valence-electron chi connectivity index (χ2n) is 6.89. The van der Waals surface area contributed by atoms with E-state index in [1.165, 1.54) is 31.2 Å². The quantitative estimate of drug-likeness (QED) is 0.254. The predicted octanol–water partition coefficient (Wildman–Crippen LogP) is 4.00. The molecule has 1 saturated carbocycles. The zero-order valence-corrected chi connectivity index (χ0v) is 18.1. The topological polar surface area (TPSA) is 45.7 Å². The maximum Gasteiger partial charge on any atom is 0.190 e. The van der Waals surface area contributed by atoms with Gasteiger partial charge in [0.1, 0.15) is 0 Å². The summed E-state index contributed by atoms with van der Waals surface area (Å²) in [5.41, 5.74) is 1.78. The summed E-state index contributed by atoms with van der Waals surface area (Å²) in [7, 11) is 3.65. The van der Waals surface area contributed by atoms with Crippen LogP contribution in [0.4, 0.5) is 0 Å². The SMILES string of the molecule is CN=C(NCCCc1ccccc1)NCC1(CCOC)CCCC1.I. The molecule has 1 fully saturated rings. The zero-order chi connectivity index (χ0) is 17.1. The third-order valence-electron chi connectivity index (χ3n) is 5.13. The molecule has 0 atom stereocenters. The standard InChI is InChI=1S/C20H33N3O.HI/c1-21-19(22-15-8-11-18-9-4-3-5-10-18)23-17-20(14-16-24-2)12-6-7-13-20;/h3-5,9-10H,6-8,11-17H2,1-2H3,(H2,21,22,23);1H. The van der Waals surface area contributed by atoms with Gasteiger partial charge in [0.15, 0.2) is 5.96 Å². The van der Waals surface area contributed by atoms with Gasteiger partial charge in [0.2, 0.25) is 0 Å². The van der Waals surface area contributed by atoms with Crippen molar-refractivity contribution in [3.8, 4) is 0 Å². The van der Waals surface area contributed by atoms with Crippen LogP contribution in [-0.4, -0.2) is 39.8 Å². The minimum Gasteiger partial charge on any atom is -0.385 e. The van der Waals surface area contributed by atoms with Gasteiger partial charge in [-0.05, 0) is 43.1 Å². The van der Waals surface area contributed by atoms with Gasteiger partial charge in [-0.3, -0.25) is 4.99 Å². The first-order valence-electron chi connectivity index (χ1n) is 9.25. The van der Waals surface area contributed by atoms with Crippen molar-refractivity contribution in [2.24, 2.45) is 10.4 Å². The van der Waals surface area contributed by atoms with Crippen LogP contribution in [-0.2, 0) is 11.2 Å². The number of methoxy groups -OCH3 is 1. The second kappa shape index (κ2) is 12.5. The first-order valence-corrected chi connectivity index (χ1v) is 9.25. The maximum absolute atomic E-state index is 5.31. The molecule has 2 N–H and O–H groups in total. The van der Waals surface area contributed by atoms with E-state index in [4.69, 9.17) is 4.74 Å². The highest BCUT2D eigenvalue weighted by molar-refractivity contribution is 14.0. The van der Waals surface area contributed by atoms with Gasteiger partial charge in [0, 0.05) is 33.9 Å². The lowest BCUT2D eigenvalue weighted by atomic mass is 9.83. The van der Waals surface area contributed by atoms with Gasteiger partial charge in [-0.15, -0.1) is 24.0 Å². The van der Waals surface area contributed by atoms with Crippen LogP contribution in [0.5, 0.6) is 0 Å². The molecule has 1 aliphatic carbocycles. The lowest BCUT2D eigenvalue weighted by Crippen LogP contribution is -2.43. The Labute approximate surface area is 170 Å². The van der Waals surface area contributed by atoms with E-state index in [0.29, 0.717) is 5.41 Å². The Balaban J connectivity index is 0.00000312. The van der Waals surface area contributed by atoms with Gasteiger partial charge in [-0.25, -0.2) is 0 Å². The number of halogens is 1. The monoisotopic (exact) mass is 459 g/mol. The van der Waals surface area contributed by atoms with E-state index in [2.05, 4.69) is 46.0 Å². The third-order valence-corrected chi connectivity index (χ3v) is 5.13. The predicted molar refractivity (Wildman–Crippen MR) is 117 cm³/mol. The summed E-state index contributed by atoms with van der Waals surface area (Å²) in [5.74, 6) is 0.923. The molecule has 0 radical (unpaired) electrons. The molecule has 1 aliphatic rings. The van der Waals surface area contributed by atoms with Gasteiger partial charge in [0.25, 0.3) is 0 Å². The molecule has 1 aromatic rings. The number of benzene rings is 1. The molecule has 0 saturated heterocycles. The van der Waals surface area contributed by atoms with Crippen LogP contribution in [0.2, 0.25) is 0 Å². The number of nitrogens with zero attached hydrogens (tertiary/aromatic N) is 1. The van der Waals surface area contributed by atoms with E-state index in [-0.39, 0.29) is 24.0 Å². The number of hydrogen-bond acceptors (Lipinski definition) is 2. The molecule has 4 nitrogen and oxygen atoms in total. The molecule has 0 amide bonds. The summed E-state index contributed by atoms with van der Waals surface area (Å²) in [6.45, 7) is 2.79. The van der Waals surface area contributed by atoms with E-state index in [0.717, 1.165) is 44.9 Å². The van der Waals surface area contributed by atoms with Crippen molar-refractivity contribution in [3.05, 3.63) is 35.9 Å². The Morgan fingerprint density at radius 3 is 2.52 bits per heavy atom. The fraction of sp³-hybridized carbons (Fsp3) is 0.650. The van der Waals surface area contributed by atoms with Crippen molar-refractivity contribution in [2.45, 2.75) is 44.9 Å². The van der Waals surface area contributed by atoms with Crippen LogP contribution in [0.1, 0.15) is 44.1 Å². The number of nitrogens with one attached hydrogen (secondary N) is 2. The van der Waals surface area contributed by atoms with Gasteiger partial charge in [-0.1, -0.05) is 43.2 Å². The Kier molecular flexibility index (Phi) is 11.1. The smallest absolute Gasteiger partial charge is 0.190 e. The molecule has 2 rings (SSSR count). The third kappa shape index (κ3) is 7.94. The first-order chi connectivity index (χ1) is 11.8. The molecule has 0 spiro atoms. The minimum absolute atomic E-state index is 0. The number of hydrogen-bond donors (Lipinski definition) is 2. The van der Waals surface area contributed by atoms with E-state index < -0.39 is 0 Å². The van der Waals surface area contributed by atoms with Gasteiger partial charge in [-0.2, -0.15) is 0 Å². The zero-order valence-electron chi connectivity index (χ0n) is 15.7. The van der Waals surface area contributed by atoms with Crippen molar-refractivity contribution in [3.63, 3.8) is 0 Å². The fourth-order valence-electron chi connectivity index (χ4n) is 3.59. The van der Waals surface area contributed by atoms with Crippen molar-refractivity contribution in [1.82, 2.24) is 10.6 Å². The number of aryl methyl sites for hydroxylation is 1. The maximum atomic E-state index is 5.31. The molecular weight excluding hydrogens is 425 g/mol. The molecule has 0 aliphatic heterocycles. The molecule has 0 heterocycles. The lowest BCUT2D eigenvalue weighted by Gasteiger charge is -2.30. The number of aliphatic imine (C=N–C) groups is 1. The Morgan fingerprint density at radius 2 is 1.88 bits per heavy atom. The molecule has 0 aromatic heterocycles.